The number of hydrogen-bond donors (Lipinski definition) is 2. The SMILES string of the molecule is CN(CC(C)(C)O)C(=O)NCc1ccc(Br)s1. The number of halogens is 1. The molecule has 0 atom stereocenters. The highest BCUT2D eigenvalue weighted by Crippen LogP contribution is 2.21. The van der Waals surface area contributed by atoms with Crippen molar-refractivity contribution in [3.8, 4) is 0 Å². The Morgan fingerprint density at radius 1 is 1.59 bits per heavy atom. The van der Waals surface area contributed by atoms with Crippen LogP contribution in [0.4, 0.5) is 4.79 Å². The third kappa shape index (κ3) is 5.52. The number of carbonyl (C=O) groups is 1. The Balaban J connectivity index is 2.39. The Morgan fingerprint density at radius 2 is 2.24 bits per heavy atom. The molecule has 1 rings (SSSR count). The van der Waals surface area contributed by atoms with Crippen LogP contribution in [-0.4, -0.2) is 35.2 Å². The topological polar surface area (TPSA) is 52.6 Å². The van der Waals surface area contributed by atoms with Crippen molar-refractivity contribution in [2.45, 2.75) is 26.0 Å². The van der Waals surface area contributed by atoms with Gasteiger partial charge in [-0.1, -0.05) is 0 Å². The molecule has 0 saturated heterocycles. The minimum absolute atomic E-state index is 0.184. The molecule has 1 aromatic heterocycles. The van der Waals surface area contributed by atoms with Crippen LogP contribution < -0.4 is 5.32 Å². The van der Waals surface area contributed by atoms with E-state index in [4.69, 9.17) is 0 Å². The predicted molar refractivity (Wildman–Crippen MR) is 73.2 cm³/mol. The van der Waals surface area contributed by atoms with E-state index in [1.807, 2.05) is 12.1 Å². The van der Waals surface area contributed by atoms with Crippen molar-refractivity contribution in [3.05, 3.63) is 20.8 Å². The molecule has 0 aliphatic rings. The Kier molecular flexibility index (Phi) is 4.97. The van der Waals surface area contributed by atoms with Gasteiger partial charge in [0.05, 0.1) is 22.5 Å². The molecule has 0 fully saturated rings. The standard InChI is InChI=1S/C11H17BrN2O2S/c1-11(2,16)7-14(3)10(15)13-6-8-4-5-9(12)17-8/h4-5,16H,6-7H2,1-3H3,(H,13,15). The van der Waals surface area contributed by atoms with Gasteiger partial charge in [-0.2, -0.15) is 0 Å². The third-order valence-electron chi connectivity index (χ3n) is 2.01. The van der Waals surface area contributed by atoms with Crippen LogP contribution in [0.15, 0.2) is 15.9 Å². The van der Waals surface area contributed by atoms with Gasteiger partial charge in [0.25, 0.3) is 0 Å². The number of amides is 2. The number of aliphatic hydroxyl groups is 1. The van der Waals surface area contributed by atoms with Crippen molar-refractivity contribution in [1.82, 2.24) is 10.2 Å². The van der Waals surface area contributed by atoms with Crippen LogP contribution in [0.5, 0.6) is 0 Å². The van der Waals surface area contributed by atoms with E-state index in [1.165, 1.54) is 4.90 Å². The average Bonchev–Trinajstić information content (AvgIpc) is 2.58. The summed E-state index contributed by atoms with van der Waals surface area (Å²) in [5, 5.41) is 12.4. The van der Waals surface area contributed by atoms with Gasteiger partial charge in [0.15, 0.2) is 0 Å². The molecule has 0 aromatic carbocycles. The first kappa shape index (κ1) is 14.5. The number of nitrogens with one attached hydrogen (secondary N) is 1. The smallest absolute Gasteiger partial charge is 0.317 e. The van der Waals surface area contributed by atoms with Crippen molar-refractivity contribution in [2.24, 2.45) is 0 Å². The molecule has 6 heteroatoms. The van der Waals surface area contributed by atoms with Gasteiger partial charge in [0.1, 0.15) is 0 Å². The largest absolute Gasteiger partial charge is 0.389 e. The van der Waals surface area contributed by atoms with E-state index in [2.05, 4.69) is 21.2 Å². The zero-order valence-electron chi connectivity index (χ0n) is 10.2. The van der Waals surface area contributed by atoms with Gasteiger partial charge in [0, 0.05) is 11.9 Å². The number of thiophene rings is 1. The Hall–Kier alpha value is -0.590. The lowest BCUT2D eigenvalue weighted by molar-refractivity contribution is 0.0531. The molecule has 0 radical (unpaired) electrons. The summed E-state index contributed by atoms with van der Waals surface area (Å²) in [5.41, 5.74) is -0.877. The molecule has 4 nitrogen and oxygen atoms in total. The first-order chi connectivity index (χ1) is 7.78. The van der Waals surface area contributed by atoms with Crippen LogP contribution in [0.1, 0.15) is 18.7 Å². The summed E-state index contributed by atoms with van der Waals surface area (Å²) in [6.45, 7) is 4.15. The van der Waals surface area contributed by atoms with Crippen molar-refractivity contribution in [1.29, 1.82) is 0 Å². The van der Waals surface area contributed by atoms with Crippen LogP contribution in [0.3, 0.4) is 0 Å². The predicted octanol–water partition coefficient (Wildman–Crippen LogP) is 2.42. The summed E-state index contributed by atoms with van der Waals surface area (Å²) in [7, 11) is 1.66. The monoisotopic (exact) mass is 320 g/mol. The van der Waals surface area contributed by atoms with Crippen molar-refractivity contribution in [3.63, 3.8) is 0 Å². The molecular weight excluding hydrogens is 304 g/mol. The summed E-state index contributed by atoms with van der Waals surface area (Å²) in [6.07, 6.45) is 0. The molecule has 1 aromatic rings. The molecule has 0 aliphatic heterocycles. The second-order valence-electron chi connectivity index (χ2n) is 4.53. The van der Waals surface area contributed by atoms with Gasteiger partial charge in [-0.3, -0.25) is 0 Å². The highest BCUT2D eigenvalue weighted by molar-refractivity contribution is 9.11. The lowest BCUT2D eigenvalue weighted by Gasteiger charge is -2.25. The second-order valence-corrected chi connectivity index (χ2v) is 7.08. The summed E-state index contributed by atoms with van der Waals surface area (Å²) in [4.78, 5) is 14.3. The van der Waals surface area contributed by atoms with Crippen LogP contribution >= 0.6 is 27.3 Å². The van der Waals surface area contributed by atoms with E-state index in [1.54, 1.807) is 32.2 Å². The average molecular weight is 321 g/mol. The Bertz CT molecular complexity index is 387. The fourth-order valence-electron chi connectivity index (χ4n) is 1.40. The van der Waals surface area contributed by atoms with Crippen LogP contribution in [0.2, 0.25) is 0 Å². The molecule has 0 bridgehead atoms. The number of hydrogen-bond acceptors (Lipinski definition) is 3. The summed E-state index contributed by atoms with van der Waals surface area (Å²) < 4.78 is 1.05. The fourth-order valence-corrected chi connectivity index (χ4v) is 2.82. The summed E-state index contributed by atoms with van der Waals surface area (Å²) in [6, 6.07) is 3.73. The molecule has 0 aliphatic carbocycles. The van der Waals surface area contributed by atoms with E-state index in [0.717, 1.165) is 8.66 Å². The number of nitrogens with zero attached hydrogens (tertiary/aromatic N) is 1. The first-order valence-electron chi connectivity index (χ1n) is 5.23. The fraction of sp³-hybridized carbons (Fsp3) is 0.545. The molecule has 0 spiro atoms. The van der Waals surface area contributed by atoms with Gasteiger partial charge in [-0.15, -0.1) is 11.3 Å². The quantitative estimate of drug-likeness (QED) is 0.895. The molecular formula is C11H17BrN2O2S. The van der Waals surface area contributed by atoms with Gasteiger partial charge >= 0.3 is 6.03 Å². The van der Waals surface area contributed by atoms with Gasteiger partial charge < -0.3 is 15.3 Å². The lowest BCUT2D eigenvalue weighted by Crippen LogP contribution is -2.44. The highest BCUT2D eigenvalue weighted by atomic mass is 79.9. The molecule has 17 heavy (non-hydrogen) atoms. The highest BCUT2D eigenvalue weighted by Gasteiger charge is 2.19. The normalized spacial score (nSPS) is 11.4. The van der Waals surface area contributed by atoms with E-state index < -0.39 is 5.60 Å². The maximum atomic E-state index is 11.7. The molecule has 96 valence electrons. The summed E-state index contributed by atoms with van der Waals surface area (Å²) in [5.74, 6) is 0. The van der Waals surface area contributed by atoms with Crippen LogP contribution in [0, 0.1) is 0 Å². The molecule has 0 unspecified atom stereocenters. The third-order valence-corrected chi connectivity index (χ3v) is 3.64. The zero-order chi connectivity index (χ0) is 13.1. The number of urea groups is 1. The number of carbonyl (C=O) groups excluding carboxylic acids is 1. The van der Waals surface area contributed by atoms with Gasteiger partial charge in [-0.25, -0.2) is 4.79 Å². The number of likely N-dealkylation sites (N-methyl/N-ethyl adjacent to an activating group) is 1. The number of rotatable bonds is 4. The second kappa shape index (κ2) is 5.84. The molecule has 1 heterocycles. The van der Waals surface area contributed by atoms with E-state index in [-0.39, 0.29) is 6.03 Å². The van der Waals surface area contributed by atoms with E-state index in [0.29, 0.717) is 13.1 Å². The van der Waals surface area contributed by atoms with Gasteiger partial charge in [-0.05, 0) is 41.9 Å². The Morgan fingerprint density at radius 3 is 2.71 bits per heavy atom. The molecule has 2 amide bonds. The summed E-state index contributed by atoms with van der Waals surface area (Å²) >= 11 is 4.96. The maximum absolute atomic E-state index is 11.7. The first-order valence-corrected chi connectivity index (χ1v) is 6.84. The van der Waals surface area contributed by atoms with Crippen molar-refractivity contribution in [2.75, 3.05) is 13.6 Å². The molecule has 2 N–H and O–H groups in total. The lowest BCUT2D eigenvalue weighted by atomic mass is 10.1. The van der Waals surface area contributed by atoms with Crippen LogP contribution in [0.25, 0.3) is 0 Å². The van der Waals surface area contributed by atoms with E-state index in [9.17, 15) is 9.90 Å². The minimum Gasteiger partial charge on any atom is -0.389 e. The molecule has 0 saturated carbocycles. The van der Waals surface area contributed by atoms with Gasteiger partial charge in [0.2, 0.25) is 0 Å². The van der Waals surface area contributed by atoms with Crippen LogP contribution in [-0.2, 0) is 6.54 Å². The Labute approximate surface area is 114 Å². The minimum atomic E-state index is -0.877. The maximum Gasteiger partial charge on any atom is 0.317 e. The zero-order valence-corrected chi connectivity index (χ0v) is 12.6. The van der Waals surface area contributed by atoms with Crippen molar-refractivity contribution < 1.29 is 9.90 Å². The van der Waals surface area contributed by atoms with E-state index >= 15 is 0 Å². The van der Waals surface area contributed by atoms with Crippen molar-refractivity contribution >= 4 is 33.3 Å².